The van der Waals surface area contributed by atoms with E-state index in [-0.39, 0.29) is 11.6 Å². The topological polar surface area (TPSA) is 101 Å². The van der Waals surface area contributed by atoms with Crippen molar-refractivity contribution in [1.82, 2.24) is 20.4 Å². The number of nitrogens with zero attached hydrogens (tertiary/aromatic N) is 3. The van der Waals surface area contributed by atoms with Crippen molar-refractivity contribution in [2.75, 3.05) is 6.54 Å². The molecule has 0 saturated carbocycles. The summed E-state index contributed by atoms with van der Waals surface area (Å²) in [5, 5.41) is 15.7. The Hall–Kier alpha value is -3.22. The van der Waals surface area contributed by atoms with Crippen LogP contribution in [0.5, 0.6) is 5.75 Å². The summed E-state index contributed by atoms with van der Waals surface area (Å²) >= 11 is 0. The highest BCUT2D eigenvalue weighted by Gasteiger charge is 2.15. The number of amides is 1. The zero-order valence-electron chi connectivity index (χ0n) is 12.1. The van der Waals surface area contributed by atoms with E-state index in [1.807, 2.05) is 0 Å². The van der Waals surface area contributed by atoms with E-state index in [4.69, 9.17) is 4.52 Å². The van der Waals surface area contributed by atoms with E-state index in [1.54, 1.807) is 48.8 Å². The van der Waals surface area contributed by atoms with E-state index >= 15 is 0 Å². The van der Waals surface area contributed by atoms with Crippen LogP contribution in [0, 0.1) is 0 Å². The predicted octanol–water partition coefficient (Wildman–Crippen LogP) is 1.81. The molecule has 0 aliphatic heterocycles. The average molecular weight is 310 g/mol. The Morgan fingerprint density at radius 3 is 2.61 bits per heavy atom. The third-order valence-electron chi connectivity index (χ3n) is 3.19. The molecule has 0 aliphatic carbocycles. The number of aromatic hydroxyl groups is 1. The molecule has 23 heavy (non-hydrogen) atoms. The lowest BCUT2D eigenvalue weighted by molar-refractivity contribution is 0.0910. The Balaban J connectivity index is 1.56. The molecule has 2 N–H and O–H groups in total. The first-order chi connectivity index (χ1) is 11.2. The summed E-state index contributed by atoms with van der Waals surface area (Å²) in [4.78, 5) is 19.9. The first kappa shape index (κ1) is 14.7. The Labute approximate surface area is 132 Å². The number of carbonyl (C=O) groups is 1. The second kappa shape index (κ2) is 6.69. The van der Waals surface area contributed by atoms with Crippen LogP contribution in [0.3, 0.4) is 0 Å². The molecular weight excluding hydrogens is 296 g/mol. The van der Waals surface area contributed by atoms with Crippen LogP contribution in [0.1, 0.15) is 16.2 Å². The summed E-state index contributed by atoms with van der Waals surface area (Å²) in [6.45, 7) is 0.427. The van der Waals surface area contributed by atoms with E-state index < -0.39 is 5.91 Å². The normalized spacial score (nSPS) is 10.4. The lowest BCUT2D eigenvalue weighted by atomic mass is 10.1. The zero-order valence-corrected chi connectivity index (χ0v) is 12.1. The minimum Gasteiger partial charge on any atom is -0.508 e. The van der Waals surface area contributed by atoms with Gasteiger partial charge in [0.2, 0.25) is 5.82 Å². The van der Waals surface area contributed by atoms with Crippen molar-refractivity contribution in [2.24, 2.45) is 0 Å². The molecule has 116 valence electrons. The molecule has 0 radical (unpaired) electrons. The lowest BCUT2D eigenvalue weighted by Crippen LogP contribution is -2.25. The molecule has 7 nitrogen and oxygen atoms in total. The van der Waals surface area contributed by atoms with Crippen LogP contribution >= 0.6 is 0 Å². The summed E-state index contributed by atoms with van der Waals surface area (Å²) in [5.74, 6) is 0.0578. The van der Waals surface area contributed by atoms with Crippen molar-refractivity contribution in [2.45, 2.75) is 6.42 Å². The largest absolute Gasteiger partial charge is 0.508 e. The molecule has 7 heteroatoms. The van der Waals surface area contributed by atoms with Crippen LogP contribution in [0.2, 0.25) is 0 Å². The second-order valence-corrected chi connectivity index (χ2v) is 4.83. The number of pyridine rings is 1. The number of hydrogen-bond donors (Lipinski definition) is 2. The SMILES string of the molecule is O=C(NCCc1ccc(O)cc1)c1nc(-c2ccncc2)no1. The average Bonchev–Trinajstić information content (AvgIpc) is 3.07. The molecule has 2 heterocycles. The number of hydrogen-bond acceptors (Lipinski definition) is 6. The van der Waals surface area contributed by atoms with E-state index in [2.05, 4.69) is 20.4 Å². The highest BCUT2D eigenvalue weighted by Crippen LogP contribution is 2.14. The molecule has 0 fully saturated rings. The van der Waals surface area contributed by atoms with Crippen molar-refractivity contribution < 1.29 is 14.4 Å². The van der Waals surface area contributed by atoms with Gasteiger partial charge < -0.3 is 14.9 Å². The Morgan fingerprint density at radius 2 is 1.87 bits per heavy atom. The van der Waals surface area contributed by atoms with Crippen LogP contribution in [0.4, 0.5) is 0 Å². The minimum atomic E-state index is -0.420. The maximum absolute atomic E-state index is 12.0. The molecule has 3 aromatic rings. The fraction of sp³-hybridized carbons (Fsp3) is 0.125. The zero-order chi connectivity index (χ0) is 16.1. The van der Waals surface area contributed by atoms with E-state index in [0.29, 0.717) is 18.8 Å². The van der Waals surface area contributed by atoms with Gasteiger partial charge in [-0.05, 0) is 36.2 Å². The van der Waals surface area contributed by atoms with Crippen LogP contribution < -0.4 is 5.32 Å². The van der Waals surface area contributed by atoms with Crippen LogP contribution in [0.25, 0.3) is 11.4 Å². The van der Waals surface area contributed by atoms with Crippen molar-refractivity contribution >= 4 is 5.91 Å². The van der Waals surface area contributed by atoms with Crippen LogP contribution in [-0.2, 0) is 6.42 Å². The van der Waals surface area contributed by atoms with E-state index in [1.165, 1.54) is 0 Å². The van der Waals surface area contributed by atoms with Gasteiger partial charge in [-0.1, -0.05) is 17.3 Å². The van der Waals surface area contributed by atoms with Gasteiger partial charge in [-0.15, -0.1) is 0 Å². The van der Waals surface area contributed by atoms with E-state index in [9.17, 15) is 9.90 Å². The second-order valence-electron chi connectivity index (χ2n) is 4.83. The Morgan fingerprint density at radius 1 is 1.13 bits per heavy atom. The van der Waals surface area contributed by atoms with Crippen molar-refractivity contribution in [3.8, 4) is 17.1 Å². The minimum absolute atomic E-state index is 0.0810. The van der Waals surface area contributed by atoms with Crippen molar-refractivity contribution in [3.63, 3.8) is 0 Å². The standard InChI is InChI=1S/C16H14N4O3/c21-13-3-1-11(2-4-13)5-10-18-15(22)16-19-14(20-23-16)12-6-8-17-9-7-12/h1-4,6-9,21H,5,10H2,(H,18,22). The maximum Gasteiger partial charge on any atom is 0.316 e. The van der Waals surface area contributed by atoms with Gasteiger partial charge in [-0.25, -0.2) is 0 Å². The quantitative estimate of drug-likeness (QED) is 0.745. The number of aromatic nitrogens is 3. The van der Waals surface area contributed by atoms with Gasteiger partial charge in [0.1, 0.15) is 5.75 Å². The molecule has 0 atom stereocenters. The Kier molecular flexibility index (Phi) is 4.28. The smallest absolute Gasteiger partial charge is 0.316 e. The first-order valence-electron chi connectivity index (χ1n) is 7.02. The summed E-state index contributed by atoms with van der Waals surface area (Å²) in [6, 6.07) is 10.3. The number of phenolic OH excluding ortho intramolecular Hbond substituents is 1. The number of phenols is 1. The Bertz CT molecular complexity index is 785. The highest BCUT2D eigenvalue weighted by atomic mass is 16.5. The molecule has 0 saturated heterocycles. The predicted molar refractivity (Wildman–Crippen MR) is 81.7 cm³/mol. The molecule has 0 unspecified atom stereocenters. The highest BCUT2D eigenvalue weighted by molar-refractivity contribution is 5.89. The van der Waals surface area contributed by atoms with Gasteiger partial charge in [-0.3, -0.25) is 9.78 Å². The number of rotatable bonds is 5. The fourth-order valence-corrected chi connectivity index (χ4v) is 1.99. The summed E-state index contributed by atoms with van der Waals surface area (Å²) in [5.41, 5.74) is 1.73. The maximum atomic E-state index is 12.0. The molecule has 0 bridgehead atoms. The summed E-state index contributed by atoms with van der Waals surface area (Å²) < 4.78 is 4.97. The molecule has 0 spiro atoms. The summed E-state index contributed by atoms with van der Waals surface area (Å²) in [7, 11) is 0. The lowest BCUT2D eigenvalue weighted by Gasteiger charge is -2.02. The van der Waals surface area contributed by atoms with Crippen molar-refractivity contribution in [3.05, 3.63) is 60.2 Å². The molecule has 3 rings (SSSR count). The van der Waals surface area contributed by atoms with Gasteiger partial charge in [-0.2, -0.15) is 4.98 Å². The third-order valence-corrected chi connectivity index (χ3v) is 3.19. The van der Waals surface area contributed by atoms with E-state index in [0.717, 1.165) is 11.1 Å². The van der Waals surface area contributed by atoms with Gasteiger partial charge in [0.15, 0.2) is 0 Å². The van der Waals surface area contributed by atoms with Gasteiger partial charge >= 0.3 is 11.8 Å². The molecule has 0 aliphatic rings. The fourth-order valence-electron chi connectivity index (χ4n) is 1.99. The van der Waals surface area contributed by atoms with Gasteiger partial charge in [0.25, 0.3) is 0 Å². The van der Waals surface area contributed by atoms with Crippen LogP contribution in [0.15, 0.2) is 53.3 Å². The van der Waals surface area contributed by atoms with Crippen molar-refractivity contribution in [1.29, 1.82) is 0 Å². The first-order valence-corrected chi connectivity index (χ1v) is 7.02. The van der Waals surface area contributed by atoms with Gasteiger partial charge in [0, 0.05) is 24.5 Å². The molecule has 1 aromatic carbocycles. The summed E-state index contributed by atoms with van der Waals surface area (Å²) in [6.07, 6.45) is 3.86. The number of carbonyl (C=O) groups excluding carboxylic acids is 1. The third kappa shape index (κ3) is 3.70. The van der Waals surface area contributed by atoms with Gasteiger partial charge in [0.05, 0.1) is 0 Å². The monoisotopic (exact) mass is 310 g/mol. The van der Waals surface area contributed by atoms with Crippen LogP contribution in [-0.4, -0.2) is 32.7 Å². The molecular formula is C16H14N4O3. The molecule has 1 amide bonds. The number of nitrogens with one attached hydrogen (secondary N) is 1. The number of benzene rings is 1. The molecule has 2 aromatic heterocycles.